The fourth-order valence-electron chi connectivity index (χ4n) is 6.39. The summed E-state index contributed by atoms with van der Waals surface area (Å²) in [5, 5.41) is 14.6. The quantitative estimate of drug-likeness (QED) is 0.146. The van der Waals surface area contributed by atoms with Crippen molar-refractivity contribution < 1.29 is 28.8 Å². The van der Waals surface area contributed by atoms with Gasteiger partial charge in [-0.1, -0.05) is 76.9 Å². The molecular formula is C38H60N2O6. The Morgan fingerprint density at radius 2 is 1.67 bits per heavy atom. The molecule has 258 valence electrons. The molecule has 0 radical (unpaired) electrons. The molecule has 0 heterocycles. The number of aliphatic hydroxyl groups excluding tert-OH is 1. The molecule has 4 N–H and O–H groups in total. The number of carbonyl (C=O) groups excluding carboxylic acids is 1. The van der Waals surface area contributed by atoms with E-state index in [1.165, 1.54) is 0 Å². The first-order valence-electron chi connectivity index (χ1n) is 17.3. The Hall–Kier alpha value is -2.65. The van der Waals surface area contributed by atoms with Crippen LogP contribution in [0.1, 0.15) is 83.8 Å². The van der Waals surface area contributed by atoms with Crippen molar-refractivity contribution in [3.05, 3.63) is 59.7 Å². The van der Waals surface area contributed by atoms with Crippen LogP contribution in [0, 0.1) is 23.7 Å². The summed E-state index contributed by atoms with van der Waals surface area (Å²) in [5.41, 5.74) is 8.94. The number of methoxy groups -OCH3 is 2. The van der Waals surface area contributed by atoms with Crippen LogP contribution in [0.15, 0.2) is 48.5 Å². The van der Waals surface area contributed by atoms with E-state index in [-0.39, 0.29) is 35.8 Å². The van der Waals surface area contributed by atoms with Crippen molar-refractivity contribution in [2.75, 3.05) is 27.4 Å². The molecule has 0 spiro atoms. The Morgan fingerprint density at radius 3 is 2.35 bits per heavy atom. The van der Waals surface area contributed by atoms with Gasteiger partial charge in [-0.2, -0.15) is 0 Å². The average Bonchev–Trinajstić information content (AvgIpc) is 3.05. The van der Waals surface area contributed by atoms with Crippen molar-refractivity contribution >= 4 is 5.91 Å². The lowest BCUT2D eigenvalue weighted by Gasteiger charge is -2.35. The minimum Gasteiger partial charge on any atom is -0.493 e. The fraction of sp³-hybridized carbons (Fsp3) is 0.658. The van der Waals surface area contributed by atoms with Crippen LogP contribution < -0.4 is 20.5 Å². The largest absolute Gasteiger partial charge is 0.493 e. The SMILES string of the molecule is COCCCOc1cc(C[C@@H](C[C@H](N)[C@@H](O)C[C@H](C(=O)N[C@H]2CCCC[C@@H]2OCc2ccccc2)C(C)C)C(C)C)ccc1OC. The normalized spacial score (nSPS) is 19.4. The van der Waals surface area contributed by atoms with E-state index in [4.69, 9.17) is 24.7 Å². The van der Waals surface area contributed by atoms with Gasteiger partial charge >= 0.3 is 0 Å². The maximum absolute atomic E-state index is 13.7. The zero-order chi connectivity index (χ0) is 33.5. The van der Waals surface area contributed by atoms with Gasteiger partial charge in [0.05, 0.1) is 38.6 Å². The molecule has 0 aromatic heterocycles. The van der Waals surface area contributed by atoms with Crippen LogP contribution in [0.4, 0.5) is 0 Å². The third kappa shape index (κ3) is 12.2. The van der Waals surface area contributed by atoms with Crippen molar-refractivity contribution in [3.8, 4) is 11.5 Å². The lowest BCUT2D eigenvalue weighted by molar-refractivity contribution is -0.130. The number of rotatable bonds is 20. The first-order valence-corrected chi connectivity index (χ1v) is 17.3. The van der Waals surface area contributed by atoms with Gasteiger partial charge in [-0.25, -0.2) is 0 Å². The first-order chi connectivity index (χ1) is 22.1. The van der Waals surface area contributed by atoms with Gasteiger partial charge in [0, 0.05) is 32.1 Å². The lowest BCUT2D eigenvalue weighted by Crippen LogP contribution is -2.50. The van der Waals surface area contributed by atoms with Crippen LogP contribution in [0.3, 0.4) is 0 Å². The summed E-state index contributed by atoms with van der Waals surface area (Å²) in [5.74, 6) is 1.74. The van der Waals surface area contributed by atoms with E-state index in [1.807, 2.05) is 44.2 Å². The number of aliphatic hydroxyl groups is 1. The number of carbonyl (C=O) groups is 1. The molecule has 2 aromatic carbocycles. The van der Waals surface area contributed by atoms with Gasteiger partial charge in [0.25, 0.3) is 0 Å². The number of nitrogens with one attached hydrogen (secondary N) is 1. The highest BCUT2D eigenvalue weighted by Gasteiger charge is 2.33. The van der Waals surface area contributed by atoms with E-state index in [2.05, 4.69) is 37.4 Å². The highest BCUT2D eigenvalue weighted by Crippen LogP contribution is 2.32. The Morgan fingerprint density at radius 1 is 0.935 bits per heavy atom. The molecule has 1 aliphatic rings. The van der Waals surface area contributed by atoms with Gasteiger partial charge in [-0.05, 0) is 73.1 Å². The summed E-state index contributed by atoms with van der Waals surface area (Å²) in [6.07, 6.45) is 5.79. The summed E-state index contributed by atoms with van der Waals surface area (Å²) in [6, 6.07) is 15.8. The van der Waals surface area contributed by atoms with Gasteiger partial charge in [0.2, 0.25) is 5.91 Å². The second-order valence-electron chi connectivity index (χ2n) is 13.7. The van der Waals surface area contributed by atoms with Gasteiger partial charge in [0.1, 0.15) is 0 Å². The van der Waals surface area contributed by atoms with Crippen molar-refractivity contribution in [1.29, 1.82) is 0 Å². The molecule has 3 rings (SSSR count). The fourth-order valence-corrected chi connectivity index (χ4v) is 6.39. The predicted octanol–water partition coefficient (Wildman–Crippen LogP) is 6.31. The number of nitrogens with two attached hydrogens (primary N) is 1. The lowest BCUT2D eigenvalue weighted by atomic mass is 9.80. The van der Waals surface area contributed by atoms with E-state index in [0.717, 1.165) is 55.4 Å². The van der Waals surface area contributed by atoms with Crippen molar-refractivity contribution in [2.45, 2.75) is 110 Å². The van der Waals surface area contributed by atoms with E-state index < -0.39 is 12.1 Å². The van der Waals surface area contributed by atoms with Crippen LogP contribution >= 0.6 is 0 Å². The Labute approximate surface area is 277 Å². The summed E-state index contributed by atoms with van der Waals surface area (Å²) in [7, 11) is 3.33. The number of ether oxygens (including phenoxy) is 4. The molecule has 8 heteroatoms. The van der Waals surface area contributed by atoms with E-state index >= 15 is 0 Å². The second-order valence-corrected chi connectivity index (χ2v) is 13.7. The molecule has 0 unspecified atom stereocenters. The van der Waals surface area contributed by atoms with Gasteiger partial charge in [0.15, 0.2) is 11.5 Å². The van der Waals surface area contributed by atoms with E-state index in [9.17, 15) is 9.90 Å². The second kappa shape index (κ2) is 19.9. The third-order valence-corrected chi connectivity index (χ3v) is 9.46. The predicted molar refractivity (Wildman–Crippen MR) is 184 cm³/mol. The highest BCUT2D eigenvalue weighted by atomic mass is 16.5. The summed E-state index contributed by atoms with van der Waals surface area (Å²) in [4.78, 5) is 13.7. The molecule has 0 bridgehead atoms. The molecule has 6 atom stereocenters. The summed E-state index contributed by atoms with van der Waals surface area (Å²) >= 11 is 0. The van der Waals surface area contributed by atoms with Crippen LogP contribution in [0.25, 0.3) is 0 Å². The Bertz CT molecular complexity index is 1140. The van der Waals surface area contributed by atoms with Crippen LogP contribution in [-0.2, 0) is 27.3 Å². The standard InChI is InChI=1S/C38H60N2O6/c1-26(2)30(21-29-17-18-36(44-6)37(22-29)45-20-12-19-43-5)23-32(39)34(41)24-31(27(3)4)38(42)40-33-15-10-11-16-35(33)46-25-28-13-8-7-9-14-28/h7-9,13-14,17-18,22,26-27,30-35,41H,10-12,15-16,19-21,23-25,39H2,1-6H3,(H,40,42)/t30-,31-,32-,33-,34-,35-/m0/s1. The maximum Gasteiger partial charge on any atom is 0.223 e. The minimum absolute atomic E-state index is 0.0149. The van der Waals surface area contributed by atoms with Gasteiger partial charge in [-0.15, -0.1) is 0 Å². The highest BCUT2D eigenvalue weighted by molar-refractivity contribution is 5.79. The topological polar surface area (TPSA) is 112 Å². The molecule has 8 nitrogen and oxygen atoms in total. The molecule has 1 aliphatic carbocycles. The smallest absolute Gasteiger partial charge is 0.223 e. The molecule has 1 amide bonds. The van der Waals surface area contributed by atoms with Crippen LogP contribution in [0.5, 0.6) is 11.5 Å². The molecular weight excluding hydrogens is 580 g/mol. The zero-order valence-electron chi connectivity index (χ0n) is 29.1. The van der Waals surface area contributed by atoms with Crippen LogP contribution in [-0.4, -0.2) is 62.7 Å². The molecule has 2 aromatic rings. The average molecular weight is 641 g/mol. The molecule has 0 aliphatic heterocycles. The minimum atomic E-state index is -0.786. The first kappa shape index (κ1) is 37.8. The van der Waals surface area contributed by atoms with E-state index in [0.29, 0.717) is 44.3 Å². The van der Waals surface area contributed by atoms with Gasteiger partial charge < -0.3 is 35.1 Å². The van der Waals surface area contributed by atoms with Crippen molar-refractivity contribution in [2.24, 2.45) is 29.4 Å². The van der Waals surface area contributed by atoms with E-state index in [1.54, 1.807) is 14.2 Å². The number of benzene rings is 2. The van der Waals surface area contributed by atoms with Gasteiger partial charge in [-0.3, -0.25) is 4.79 Å². The molecule has 1 saturated carbocycles. The molecule has 46 heavy (non-hydrogen) atoms. The Balaban J connectivity index is 1.59. The Kier molecular flexibility index (Phi) is 16.3. The maximum atomic E-state index is 13.7. The molecule has 0 saturated heterocycles. The number of hydrogen-bond donors (Lipinski definition) is 3. The third-order valence-electron chi connectivity index (χ3n) is 9.46. The summed E-state index contributed by atoms with van der Waals surface area (Å²) < 4.78 is 23.0. The molecule has 1 fully saturated rings. The summed E-state index contributed by atoms with van der Waals surface area (Å²) in [6.45, 7) is 10.2. The number of hydrogen-bond acceptors (Lipinski definition) is 7. The number of amides is 1. The van der Waals surface area contributed by atoms with Crippen LogP contribution in [0.2, 0.25) is 0 Å². The van der Waals surface area contributed by atoms with Crippen molar-refractivity contribution in [3.63, 3.8) is 0 Å². The van der Waals surface area contributed by atoms with Crippen molar-refractivity contribution in [1.82, 2.24) is 5.32 Å². The monoisotopic (exact) mass is 640 g/mol. The zero-order valence-corrected chi connectivity index (χ0v) is 29.1.